The second kappa shape index (κ2) is 24.8. The lowest BCUT2D eigenvalue weighted by molar-refractivity contribution is -0.114. The number of hydrogen-bond donors (Lipinski definition) is 2. The molecular formula is C25H44N2O9. The van der Waals surface area contributed by atoms with E-state index in [4.69, 9.17) is 37.9 Å². The molecule has 0 bridgehead atoms. The number of amides is 1. The number of anilines is 1. The average Bonchev–Trinajstić information content (AvgIpc) is 2.87. The Kier molecular flexibility index (Phi) is 22.2. The molecule has 1 aromatic rings. The van der Waals surface area contributed by atoms with E-state index >= 15 is 0 Å². The summed E-state index contributed by atoms with van der Waals surface area (Å²) in [5.41, 5.74) is 0.736. The summed E-state index contributed by atoms with van der Waals surface area (Å²) in [5.74, 6) is 0.619. The van der Waals surface area contributed by atoms with Gasteiger partial charge in [-0.15, -0.1) is 0 Å². The molecule has 0 saturated carbocycles. The quantitative estimate of drug-likeness (QED) is 0.175. The number of carbonyl (C=O) groups is 1. The summed E-state index contributed by atoms with van der Waals surface area (Å²) >= 11 is 0. The maximum Gasteiger partial charge on any atom is 0.221 e. The van der Waals surface area contributed by atoms with Gasteiger partial charge in [-0.05, 0) is 31.3 Å². The normalized spacial score (nSPS) is 11.1. The van der Waals surface area contributed by atoms with Crippen LogP contribution in [0.15, 0.2) is 24.3 Å². The molecule has 1 rings (SSSR count). The molecule has 0 spiro atoms. The van der Waals surface area contributed by atoms with Gasteiger partial charge in [-0.1, -0.05) is 0 Å². The van der Waals surface area contributed by atoms with Crippen molar-refractivity contribution < 1.29 is 42.7 Å². The number of rotatable bonds is 26. The molecule has 0 radical (unpaired) electrons. The van der Waals surface area contributed by atoms with Crippen LogP contribution in [0, 0.1) is 0 Å². The molecule has 0 heterocycles. The van der Waals surface area contributed by atoms with E-state index in [0.29, 0.717) is 99.1 Å². The van der Waals surface area contributed by atoms with E-state index in [1.165, 1.54) is 6.92 Å². The molecule has 0 unspecified atom stereocenters. The fourth-order valence-electron chi connectivity index (χ4n) is 2.65. The number of likely N-dealkylation sites (N-methyl/N-ethyl adjacent to an activating group) is 1. The maximum absolute atomic E-state index is 11.0. The Hall–Kier alpha value is -1.83. The fraction of sp³-hybridized carbons (Fsp3) is 0.720. The first-order valence-corrected chi connectivity index (χ1v) is 12.4. The molecule has 1 aromatic carbocycles. The molecule has 0 atom stereocenters. The number of hydrogen-bond acceptors (Lipinski definition) is 10. The summed E-state index contributed by atoms with van der Waals surface area (Å²) in [6.45, 7) is 10.3. The molecular weight excluding hydrogens is 472 g/mol. The fourth-order valence-corrected chi connectivity index (χ4v) is 2.65. The van der Waals surface area contributed by atoms with Crippen LogP contribution >= 0.6 is 0 Å². The molecule has 11 nitrogen and oxygen atoms in total. The van der Waals surface area contributed by atoms with Crippen molar-refractivity contribution in [3.63, 3.8) is 0 Å². The van der Waals surface area contributed by atoms with E-state index in [1.54, 1.807) is 24.3 Å². The van der Waals surface area contributed by atoms with Crippen LogP contribution in [-0.4, -0.2) is 119 Å². The van der Waals surface area contributed by atoms with Crippen LogP contribution in [0.25, 0.3) is 0 Å². The van der Waals surface area contributed by atoms with E-state index in [-0.39, 0.29) is 5.91 Å². The Morgan fingerprint density at radius 1 is 0.583 bits per heavy atom. The van der Waals surface area contributed by atoms with Crippen LogP contribution in [-0.2, 0) is 38.0 Å². The van der Waals surface area contributed by atoms with Gasteiger partial charge in [0.15, 0.2) is 0 Å². The summed E-state index contributed by atoms with van der Waals surface area (Å²) in [6, 6.07) is 7.18. The minimum Gasteiger partial charge on any atom is -0.491 e. The number of carbonyl (C=O) groups excluding carboxylic acids is 1. The summed E-state index contributed by atoms with van der Waals surface area (Å²) in [6.07, 6.45) is 0. The Morgan fingerprint density at radius 2 is 0.944 bits per heavy atom. The lowest BCUT2D eigenvalue weighted by Gasteiger charge is -2.09. The van der Waals surface area contributed by atoms with Gasteiger partial charge in [0.25, 0.3) is 0 Å². The molecule has 208 valence electrons. The zero-order chi connectivity index (χ0) is 25.9. The van der Waals surface area contributed by atoms with E-state index in [2.05, 4.69) is 10.6 Å². The van der Waals surface area contributed by atoms with Crippen molar-refractivity contribution in [1.29, 1.82) is 0 Å². The van der Waals surface area contributed by atoms with Gasteiger partial charge in [0.2, 0.25) is 5.91 Å². The summed E-state index contributed by atoms with van der Waals surface area (Å²) in [7, 11) is 1.89. The lowest BCUT2D eigenvalue weighted by atomic mass is 10.3. The van der Waals surface area contributed by atoms with Crippen LogP contribution in [0.4, 0.5) is 5.69 Å². The monoisotopic (exact) mass is 516 g/mol. The van der Waals surface area contributed by atoms with Gasteiger partial charge >= 0.3 is 0 Å². The van der Waals surface area contributed by atoms with Gasteiger partial charge in [-0.2, -0.15) is 0 Å². The Bertz CT molecular complexity index is 620. The number of benzene rings is 1. The van der Waals surface area contributed by atoms with Crippen LogP contribution in [0.2, 0.25) is 0 Å². The first kappa shape index (κ1) is 32.2. The molecule has 0 saturated heterocycles. The van der Waals surface area contributed by atoms with Crippen LogP contribution in [0.1, 0.15) is 6.92 Å². The zero-order valence-corrected chi connectivity index (χ0v) is 21.8. The third-order valence-electron chi connectivity index (χ3n) is 4.40. The molecule has 0 aromatic heterocycles. The van der Waals surface area contributed by atoms with Gasteiger partial charge in [0, 0.05) is 19.2 Å². The molecule has 0 aliphatic heterocycles. The second-order valence-electron chi connectivity index (χ2n) is 7.44. The minimum atomic E-state index is -0.104. The molecule has 0 aliphatic rings. The van der Waals surface area contributed by atoms with E-state index in [1.807, 2.05) is 7.05 Å². The molecule has 2 N–H and O–H groups in total. The van der Waals surface area contributed by atoms with Gasteiger partial charge in [-0.25, -0.2) is 0 Å². The van der Waals surface area contributed by atoms with Gasteiger partial charge in [0.05, 0.1) is 92.5 Å². The highest BCUT2D eigenvalue weighted by molar-refractivity contribution is 5.88. The highest BCUT2D eigenvalue weighted by atomic mass is 16.6. The zero-order valence-electron chi connectivity index (χ0n) is 21.8. The Balaban J connectivity index is 1.72. The summed E-state index contributed by atoms with van der Waals surface area (Å²) in [5, 5.41) is 5.72. The van der Waals surface area contributed by atoms with Crippen LogP contribution in [0.5, 0.6) is 5.75 Å². The second-order valence-corrected chi connectivity index (χ2v) is 7.44. The van der Waals surface area contributed by atoms with Crippen molar-refractivity contribution >= 4 is 11.6 Å². The average molecular weight is 517 g/mol. The third-order valence-corrected chi connectivity index (χ3v) is 4.40. The maximum atomic E-state index is 11.0. The van der Waals surface area contributed by atoms with E-state index in [0.717, 1.165) is 18.0 Å². The standard InChI is InChI=1S/C25H44N2O9/c1-23(28)27-24-3-5-25(6-4-24)36-22-21-35-20-19-34-18-17-33-16-15-32-14-13-31-12-11-30-10-9-29-8-7-26-2/h3-6,26H,7-22H2,1-2H3,(H,27,28). The van der Waals surface area contributed by atoms with Crippen LogP contribution in [0.3, 0.4) is 0 Å². The minimum absolute atomic E-state index is 0.104. The molecule has 1 amide bonds. The number of nitrogens with one attached hydrogen (secondary N) is 2. The largest absolute Gasteiger partial charge is 0.491 e. The molecule has 0 aliphatic carbocycles. The third kappa shape index (κ3) is 21.5. The van der Waals surface area contributed by atoms with Gasteiger partial charge in [-0.3, -0.25) is 4.79 Å². The smallest absolute Gasteiger partial charge is 0.221 e. The molecule has 11 heteroatoms. The predicted molar refractivity (Wildman–Crippen MR) is 136 cm³/mol. The van der Waals surface area contributed by atoms with Gasteiger partial charge in [0.1, 0.15) is 12.4 Å². The number of ether oxygens (including phenoxy) is 8. The van der Waals surface area contributed by atoms with Crippen molar-refractivity contribution in [2.24, 2.45) is 0 Å². The Labute approximate surface area is 215 Å². The van der Waals surface area contributed by atoms with Crippen LogP contribution < -0.4 is 15.4 Å². The Morgan fingerprint density at radius 3 is 1.31 bits per heavy atom. The first-order chi connectivity index (χ1) is 17.7. The van der Waals surface area contributed by atoms with Crippen molar-refractivity contribution in [2.75, 3.05) is 118 Å². The lowest BCUT2D eigenvalue weighted by Crippen LogP contribution is -2.17. The van der Waals surface area contributed by atoms with Crippen molar-refractivity contribution in [3.05, 3.63) is 24.3 Å². The summed E-state index contributed by atoms with van der Waals surface area (Å²) < 4.78 is 43.6. The van der Waals surface area contributed by atoms with Gasteiger partial charge < -0.3 is 48.5 Å². The van der Waals surface area contributed by atoms with E-state index in [9.17, 15) is 4.79 Å². The molecule has 0 fully saturated rings. The van der Waals surface area contributed by atoms with Crippen molar-refractivity contribution in [2.45, 2.75) is 6.92 Å². The molecule has 36 heavy (non-hydrogen) atoms. The topological polar surface area (TPSA) is 115 Å². The highest BCUT2D eigenvalue weighted by Gasteiger charge is 1.98. The first-order valence-electron chi connectivity index (χ1n) is 12.4. The highest BCUT2D eigenvalue weighted by Crippen LogP contribution is 2.15. The predicted octanol–water partition coefficient (Wildman–Crippen LogP) is 1.36. The summed E-state index contributed by atoms with van der Waals surface area (Å²) in [4.78, 5) is 11.0. The van der Waals surface area contributed by atoms with Crippen molar-refractivity contribution in [3.8, 4) is 5.75 Å². The SMILES string of the molecule is CNCCOCCOCCOCCOCCOCCOCCOCCOc1ccc(NC(C)=O)cc1. The van der Waals surface area contributed by atoms with E-state index < -0.39 is 0 Å². The van der Waals surface area contributed by atoms with Crippen molar-refractivity contribution in [1.82, 2.24) is 5.32 Å².